The predicted molar refractivity (Wildman–Crippen MR) is 101 cm³/mol. The molecule has 8 heteroatoms. The van der Waals surface area contributed by atoms with E-state index >= 15 is 0 Å². The highest BCUT2D eigenvalue weighted by atomic mass is 32.2. The summed E-state index contributed by atoms with van der Waals surface area (Å²) < 4.78 is 7.05. The molecule has 0 saturated heterocycles. The van der Waals surface area contributed by atoms with E-state index in [1.165, 1.54) is 31.0 Å². The molecular formula is C18H25N5O2S. The summed E-state index contributed by atoms with van der Waals surface area (Å²) in [5.74, 6) is 0.719. The third kappa shape index (κ3) is 4.35. The zero-order chi connectivity index (χ0) is 18.5. The summed E-state index contributed by atoms with van der Waals surface area (Å²) in [6.45, 7) is 3.88. The van der Waals surface area contributed by atoms with Crippen molar-refractivity contribution in [3.63, 3.8) is 0 Å². The van der Waals surface area contributed by atoms with E-state index in [1.807, 2.05) is 32.0 Å². The standard InChI is InChI=1S/C18H25N5O2S/c1-12-9-10-16(25-3)15(11-12)23-18(20-21-22-23)26-13(2)17(24)19-14-7-5-4-6-8-14/h9-11,13-14H,4-8H2,1-3H3,(H,19,24)/t13-/m1/s1. The van der Waals surface area contributed by atoms with E-state index in [4.69, 9.17) is 4.74 Å². The van der Waals surface area contributed by atoms with Crippen LogP contribution in [0, 0.1) is 6.92 Å². The van der Waals surface area contributed by atoms with Crippen LogP contribution in [-0.4, -0.2) is 44.5 Å². The first-order chi connectivity index (χ1) is 12.6. The maximum Gasteiger partial charge on any atom is 0.233 e. The van der Waals surface area contributed by atoms with Gasteiger partial charge in [0.15, 0.2) is 0 Å². The molecule has 1 aromatic carbocycles. The molecule has 1 atom stereocenters. The van der Waals surface area contributed by atoms with Gasteiger partial charge in [-0.3, -0.25) is 4.79 Å². The number of ether oxygens (including phenoxy) is 1. The van der Waals surface area contributed by atoms with Gasteiger partial charge in [-0.1, -0.05) is 37.1 Å². The average molecular weight is 375 g/mol. The van der Waals surface area contributed by atoms with E-state index in [2.05, 4.69) is 20.8 Å². The van der Waals surface area contributed by atoms with Gasteiger partial charge in [-0.25, -0.2) is 0 Å². The molecule has 0 aliphatic heterocycles. The second-order valence-corrected chi connectivity index (χ2v) is 7.96. The maximum absolute atomic E-state index is 12.5. The minimum absolute atomic E-state index is 0.0349. The number of benzene rings is 1. The van der Waals surface area contributed by atoms with Crippen molar-refractivity contribution in [1.82, 2.24) is 25.5 Å². The summed E-state index contributed by atoms with van der Waals surface area (Å²) >= 11 is 1.35. The van der Waals surface area contributed by atoms with Crippen LogP contribution < -0.4 is 10.1 Å². The highest BCUT2D eigenvalue weighted by molar-refractivity contribution is 8.00. The largest absolute Gasteiger partial charge is 0.494 e. The smallest absolute Gasteiger partial charge is 0.233 e. The monoisotopic (exact) mass is 375 g/mol. The molecule has 1 saturated carbocycles. The van der Waals surface area contributed by atoms with Gasteiger partial charge in [0, 0.05) is 6.04 Å². The van der Waals surface area contributed by atoms with Crippen molar-refractivity contribution in [2.24, 2.45) is 0 Å². The minimum atomic E-state index is -0.280. The van der Waals surface area contributed by atoms with Crippen LogP contribution in [0.2, 0.25) is 0 Å². The van der Waals surface area contributed by atoms with Crippen molar-refractivity contribution < 1.29 is 9.53 Å². The highest BCUT2D eigenvalue weighted by Crippen LogP contribution is 2.29. The summed E-state index contributed by atoms with van der Waals surface area (Å²) in [7, 11) is 1.62. The molecule has 1 heterocycles. The lowest BCUT2D eigenvalue weighted by Gasteiger charge is -2.24. The number of tetrazole rings is 1. The molecule has 1 fully saturated rings. The fourth-order valence-corrected chi connectivity index (χ4v) is 3.96. The fourth-order valence-electron chi connectivity index (χ4n) is 3.15. The van der Waals surface area contributed by atoms with E-state index in [1.54, 1.807) is 11.8 Å². The average Bonchev–Trinajstić information content (AvgIpc) is 3.10. The first-order valence-corrected chi connectivity index (χ1v) is 9.87. The van der Waals surface area contributed by atoms with Crippen molar-refractivity contribution in [3.05, 3.63) is 23.8 Å². The number of nitrogens with one attached hydrogen (secondary N) is 1. The van der Waals surface area contributed by atoms with Crippen LogP contribution in [0.5, 0.6) is 5.75 Å². The molecule has 0 radical (unpaired) electrons. The van der Waals surface area contributed by atoms with Gasteiger partial charge in [0.2, 0.25) is 11.1 Å². The number of thioether (sulfide) groups is 1. The van der Waals surface area contributed by atoms with Crippen LogP contribution in [0.4, 0.5) is 0 Å². The lowest BCUT2D eigenvalue weighted by atomic mass is 9.95. The first kappa shape index (κ1) is 18.7. The van der Waals surface area contributed by atoms with Gasteiger partial charge in [-0.15, -0.1) is 5.10 Å². The third-order valence-corrected chi connectivity index (χ3v) is 5.64. The quantitative estimate of drug-likeness (QED) is 0.782. The molecule has 1 aliphatic carbocycles. The minimum Gasteiger partial charge on any atom is -0.494 e. The number of carbonyl (C=O) groups excluding carboxylic acids is 1. The normalized spacial score (nSPS) is 16.3. The molecule has 0 unspecified atom stereocenters. The van der Waals surface area contributed by atoms with Gasteiger partial charge in [0.05, 0.1) is 12.4 Å². The fraction of sp³-hybridized carbons (Fsp3) is 0.556. The molecular weight excluding hydrogens is 350 g/mol. The Labute approximate surface area is 157 Å². The number of methoxy groups -OCH3 is 1. The van der Waals surface area contributed by atoms with E-state index in [0.29, 0.717) is 16.9 Å². The molecule has 1 N–H and O–H groups in total. The van der Waals surface area contributed by atoms with Gasteiger partial charge in [-0.05, 0) is 54.8 Å². The molecule has 26 heavy (non-hydrogen) atoms. The number of aryl methyl sites for hydroxylation is 1. The second-order valence-electron chi connectivity index (χ2n) is 6.65. The number of nitrogens with zero attached hydrogens (tertiary/aromatic N) is 4. The van der Waals surface area contributed by atoms with Crippen LogP contribution in [0.15, 0.2) is 23.4 Å². The molecule has 7 nitrogen and oxygen atoms in total. The zero-order valence-corrected chi connectivity index (χ0v) is 16.3. The summed E-state index contributed by atoms with van der Waals surface area (Å²) in [4.78, 5) is 12.5. The molecule has 140 valence electrons. The topological polar surface area (TPSA) is 81.9 Å². The zero-order valence-electron chi connectivity index (χ0n) is 15.4. The van der Waals surface area contributed by atoms with Gasteiger partial charge < -0.3 is 10.1 Å². The predicted octanol–water partition coefficient (Wildman–Crippen LogP) is 2.91. The third-order valence-electron chi connectivity index (χ3n) is 4.61. The first-order valence-electron chi connectivity index (χ1n) is 8.99. The molecule has 2 aromatic rings. The van der Waals surface area contributed by atoms with Crippen LogP contribution in [0.3, 0.4) is 0 Å². The lowest BCUT2D eigenvalue weighted by molar-refractivity contribution is -0.121. The van der Waals surface area contributed by atoms with Gasteiger partial charge in [-0.2, -0.15) is 4.68 Å². The van der Waals surface area contributed by atoms with Crippen molar-refractivity contribution in [3.8, 4) is 11.4 Å². The van der Waals surface area contributed by atoms with Gasteiger partial charge in [0.1, 0.15) is 11.4 Å². The van der Waals surface area contributed by atoms with Crippen LogP contribution in [0.1, 0.15) is 44.6 Å². The number of rotatable bonds is 6. The SMILES string of the molecule is COc1ccc(C)cc1-n1nnnc1S[C@H](C)C(=O)NC1CCCCC1. The maximum atomic E-state index is 12.5. The molecule has 0 bridgehead atoms. The highest BCUT2D eigenvalue weighted by Gasteiger charge is 2.23. The van der Waals surface area contributed by atoms with E-state index in [9.17, 15) is 4.79 Å². The Hall–Kier alpha value is -2.09. The van der Waals surface area contributed by atoms with Crippen LogP contribution in [-0.2, 0) is 4.79 Å². The number of carbonyl (C=O) groups is 1. The number of amides is 1. The molecule has 1 aliphatic rings. The summed E-state index contributed by atoms with van der Waals surface area (Å²) in [5, 5.41) is 15.4. The Kier molecular flexibility index (Phi) is 6.13. The molecule has 3 rings (SSSR count). The summed E-state index contributed by atoms with van der Waals surface area (Å²) in [5.41, 5.74) is 1.84. The summed E-state index contributed by atoms with van der Waals surface area (Å²) in [6, 6.07) is 6.12. The summed E-state index contributed by atoms with van der Waals surface area (Å²) in [6.07, 6.45) is 5.79. The van der Waals surface area contributed by atoms with Crippen molar-refractivity contribution in [2.75, 3.05) is 7.11 Å². The lowest BCUT2D eigenvalue weighted by Crippen LogP contribution is -2.40. The van der Waals surface area contributed by atoms with Crippen LogP contribution >= 0.6 is 11.8 Å². The Morgan fingerprint density at radius 3 is 2.85 bits per heavy atom. The Morgan fingerprint density at radius 1 is 1.35 bits per heavy atom. The molecule has 1 amide bonds. The van der Waals surface area contributed by atoms with E-state index in [-0.39, 0.29) is 11.2 Å². The second kappa shape index (κ2) is 8.53. The van der Waals surface area contributed by atoms with Crippen molar-refractivity contribution >= 4 is 17.7 Å². The Bertz CT molecular complexity index is 758. The van der Waals surface area contributed by atoms with Crippen LogP contribution in [0.25, 0.3) is 5.69 Å². The van der Waals surface area contributed by atoms with E-state index < -0.39 is 0 Å². The van der Waals surface area contributed by atoms with Gasteiger partial charge >= 0.3 is 0 Å². The van der Waals surface area contributed by atoms with Gasteiger partial charge in [0.25, 0.3) is 0 Å². The van der Waals surface area contributed by atoms with E-state index in [0.717, 1.165) is 24.1 Å². The van der Waals surface area contributed by atoms with Crippen molar-refractivity contribution in [2.45, 2.75) is 62.4 Å². The molecule has 0 spiro atoms. The Morgan fingerprint density at radius 2 is 2.12 bits per heavy atom. The number of aromatic nitrogens is 4. The van der Waals surface area contributed by atoms with Crippen molar-refractivity contribution in [1.29, 1.82) is 0 Å². The number of hydrogen-bond acceptors (Lipinski definition) is 6. The Balaban J connectivity index is 1.72. The number of hydrogen-bond donors (Lipinski definition) is 1. The molecule has 1 aromatic heterocycles.